The standard InChI is InChI=1S/C11H16N2O3S/c1-14-7-4-9(15-2)8(6-17-11(12)13)10(5-7)16-3/h4-5H,6H2,1-3H3,(H3,12,13). The largest absolute Gasteiger partial charge is 0.496 e. The highest BCUT2D eigenvalue weighted by Crippen LogP contribution is 2.36. The van der Waals surface area contributed by atoms with Gasteiger partial charge in [-0.15, -0.1) is 0 Å². The number of hydrogen-bond acceptors (Lipinski definition) is 5. The number of nitrogens with one attached hydrogen (secondary N) is 1. The maximum atomic E-state index is 7.21. The van der Waals surface area contributed by atoms with Crippen molar-refractivity contribution in [3.8, 4) is 17.2 Å². The molecule has 1 rings (SSSR count). The van der Waals surface area contributed by atoms with Crippen LogP contribution in [-0.2, 0) is 5.75 Å². The summed E-state index contributed by atoms with van der Waals surface area (Å²) in [5, 5.41) is 7.27. The third kappa shape index (κ3) is 3.45. The lowest BCUT2D eigenvalue weighted by Crippen LogP contribution is -2.05. The van der Waals surface area contributed by atoms with Gasteiger partial charge in [-0.1, -0.05) is 11.8 Å². The first-order chi connectivity index (χ1) is 8.12. The Labute approximate surface area is 105 Å². The Bertz CT molecular complexity index is 385. The second-order valence-electron chi connectivity index (χ2n) is 3.16. The van der Waals surface area contributed by atoms with Gasteiger partial charge in [-0.2, -0.15) is 0 Å². The highest BCUT2D eigenvalue weighted by molar-refractivity contribution is 8.13. The van der Waals surface area contributed by atoms with Gasteiger partial charge in [0.2, 0.25) is 0 Å². The van der Waals surface area contributed by atoms with Gasteiger partial charge in [0, 0.05) is 23.4 Å². The van der Waals surface area contributed by atoms with E-state index in [-0.39, 0.29) is 5.17 Å². The van der Waals surface area contributed by atoms with Gasteiger partial charge in [-0.3, -0.25) is 5.41 Å². The Hall–Kier alpha value is -1.56. The first-order valence-corrected chi connectivity index (χ1v) is 5.86. The number of rotatable bonds is 5. The fraction of sp³-hybridized carbons (Fsp3) is 0.364. The van der Waals surface area contributed by atoms with Crippen LogP contribution in [0.5, 0.6) is 17.2 Å². The smallest absolute Gasteiger partial charge is 0.151 e. The van der Waals surface area contributed by atoms with Crippen molar-refractivity contribution in [3.05, 3.63) is 17.7 Å². The normalized spacial score (nSPS) is 9.82. The molecule has 6 heteroatoms. The van der Waals surface area contributed by atoms with E-state index < -0.39 is 0 Å². The molecule has 0 aromatic heterocycles. The Morgan fingerprint density at radius 1 is 1.18 bits per heavy atom. The van der Waals surface area contributed by atoms with Crippen molar-refractivity contribution < 1.29 is 14.2 Å². The lowest BCUT2D eigenvalue weighted by atomic mass is 10.2. The number of ether oxygens (including phenoxy) is 3. The molecule has 1 aromatic rings. The average molecular weight is 256 g/mol. The summed E-state index contributed by atoms with van der Waals surface area (Å²) in [7, 11) is 4.74. The van der Waals surface area contributed by atoms with E-state index in [0.717, 1.165) is 5.56 Å². The van der Waals surface area contributed by atoms with E-state index in [0.29, 0.717) is 23.0 Å². The van der Waals surface area contributed by atoms with Crippen LogP contribution < -0.4 is 19.9 Å². The van der Waals surface area contributed by atoms with Gasteiger partial charge in [0.1, 0.15) is 17.2 Å². The second kappa shape index (κ2) is 6.24. The van der Waals surface area contributed by atoms with Crippen LogP contribution in [0.3, 0.4) is 0 Å². The van der Waals surface area contributed by atoms with E-state index in [2.05, 4.69) is 0 Å². The summed E-state index contributed by atoms with van der Waals surface area (Å²) in [5.74, 6) is 2.51. The third-order valence-corrected chi connectivity index (χ3v) is 2.93. The number of hydrogen-bond donors (Lipinski definition) is 2. The van der Waals surface area contributed by atoms with Crippen LogP contribution in [0.15, 0.2) is 12.1 Å². The van der Waals surface area contributed by atoms with Crippen molar-refractivity contribution in [2.24, 2.45) is 5.73 Å². The molecule has 0 unspecified atom stereocenters. The van der Waals surface area contributed by atoms with Crippen LogP contribution >= 0.6 is 11.8 Å². The Kier molecular flexibility index (Phi) is 4.96. The predicted molar refractivity (Wildman–Crippen MR) is 69.3 cm³/mol. The minimum atomic E-state index is 0.0601. The van der Waals surface area contributed by atoms with E-state index in [1.54, 1.807) is 33.5 Å². The number of thioether (sulfide) groups is 1. The molecule has 0 radical (unpaired) electrons. The molecule has 0 amide bonds. The van der Waals surface area contributed by atoms with E-state index in [1.165, 1.54) is 11.8 Å². The monoisotopic (exact) mass is 256 g/mol. The zero-order valence-corrected chi connectivity index (χ0v) is 10.9. The molecule has 0 saturated heterocycles. The molecule has 0 spiro atoms. The van der Waals surface area contributed by atoms with Gasteiger partial charge < -0.3 is 19.9 Å². The van der Waals surface area contributed by atoms with E-state index in [9.17, 15) is 0 Å². The fourth-order valence-electron chi connectivity index (χ4n) is 1.37. The van der Waals surface area contributed by atoms with Gasteiger partial charge in [-0.25, -0.2) is 0 Å². The average Bonchev–Trinajstić information content (AvgIpc) is 2.34. The summed E-state index contributed by atoms with van der Waals surface area (Å²) in [6, 6.07) is 3.55. The summed E-state index contributed by atoms with van der Waals surface area (Å²) >= 11 is 1.22. The van der Waals surface area contributed by atoms with Gasteiger partial charge in [-0.05, 0) is 0 Å². The third-order valence-electron chi connectivity index (χ3n) is 2.19. The Morgan fingerprint density at radius 2 is 1.71 bits per heavy atom. The van der Waals surface area contributed by atoms with Crippen molar-refractivity contribution in [2.45, 2.75) is 5.75 Å². The van der Waals surface area contributed by atoms with Crippen LogP contribution in [-0.4, -0.2) is 26.5 Å². The fourth-order valence-corrected chi connectivity index (χ4v) is 1.95. The molecular formula is C11H16N2O3S. The van der Waals surface area contributed by atoms with Crippen LogP contribution in [0.2, 0.25) is 0 Å². The molecule has 17 heavy (non-hydrogen) atoms. The van der Waals surface area contributed by atoms with Crippen molar-refractivity contribution in [3.63, 3.8) is 0 Å². The molecule has 0 saturated carbocycles. The van der Waals surface area contributed by atoms with E-state index in [1.807, 2.05) is 0 Å². The first-order valence-electron chi connectivity index (χ1n) is 4.88. The van der Waals surface area contributed by atoms with Crippen LogP contribution in [0, 0.1) is 5.41 Å². The summed E-state index contributed by atoms with van der Waals surface area (Å²) in [6.07, 6.45) is 0. The molecule has 0 aliphatic rings. The minimum Gasteiger partial charge on any atom is -0.496 e. The van der Waals surface area contributed by atoms with Crippen molar-refractivity contribution >= 4 is 16.9 Å². The molecule has 0 heterocycles. The number of benzene rings is 1. The van der Waals surface area contributed by atoms with Gasteiger partial charge in [0.05, 0.1) is 21.3 Å². The number of nitrogens with two attached hydrogens (primary N) is 1. The lowest BCUT2D eigenvalue weighted by Gasteiger charge is -2.14. The van der Waals surface area contributed by atoms with Crippen LogP contribution in [0.25, 0.3) is 0 Å². The second-order valence-corrected chi connectivity index (χ2v) is 4.18. The quantitative estimate of drug-likeness (QED) is 0.621. The van der Waals surface area contributed by atoms with Crippen LogP contribution in [0.4, 0.5) is 0 Å². The van der Waals surface area contributed by atoms with Crippen LogP contribution in [0.1, 0.15) is 5.56 Å². The zero-order chi connectivity index (χ0) is 12.8. The summed E-state index contributed by atoms with van der Waals surface area (Å²) in [6.45, 7) is 0. The van der Waals surface area contributed by atoms with Crippen molar-refractivity contribution in [1.82, 2.24) is 0 Å². The molecule has 5 nitrogen and oxygen atoms in total. The Balaban J connectivity index is 3.10. The maximum absolute atomic E-state index is 7.21. The highest BCUT2D eigenvalue weighted by atomic mass is 32.2. The van der Waals surface area contributed by atoms with Gasteiger partial charge in [0.25, 0.3) is 0 Å². The number of methoxy groups -OCH3 is 3. The summed E-state index contributed by atoms with van der Waals surface area (Å²) in [5.41, 5.74) is 6.18. The molecule has 0 aliphatic carbocycles. The lowest BCUT2D eigenvalue weighted by molar-refractivity contribution is 0.371. The molecule has 0 fully saturated rings. The minimum absolute atomic E-state index is 0.0601. The molecule has 1 aromatic carbocycles. The Morgan fingerprint density at radius 3 is 2.06 bits per heavy atom. The SMILES string of the molecule is COc1cc(OC)c(CSC(=N)N)c(OC)c1. The van der Waals surface area contributed by atoms with E-state index in [4.69, 9.17) is 25.4 Å². The zero-order valence-electron chi connectivity index (χ0n) is 10.1. The van der Waals surface area contributed by atoms with Crippen molar-refractivity contribution in [2.75, 3.05) is 21.3 Å². The number of amidine groups is 1. The molecule has 0 atom stereocenters. The van der Waals surface area contributed by atoms with Gasteiger partial charge >= 0.3 is 0 Å². The molecular weight excluding hydrogens is 240 g/mol. The van der Waals surface area contributed by atoms with Gasteiger partial charge in [0.15, 0.2) is 5.17 Å². The molecule has 94 valence electrons. The molecule has 0 bridgehead atoms. The molecule has 0 aliphatic heterocycles. The maximum Gasteiger partial charge on any atom is 0.151 e. The summed E-state index contributed by atoms with van der Waals surface area (Å²) in [4.78, 5) is 0. The van der Waals surface area contributed by atoms with Crippen molar-refractivity contribution in [1.29, 1.82) is 5.41 Å². The predicted octanol–water partition coefficient (Wildman–Crippen LogP) is 1.84. The summed E-state index contributed by atoms with van der Waals surface area (Å²) < 4.78 is 15.7. The topological polar surface area (TPSA) is 77.6 Å². The first kappa shape index (κ1) is 13.5. The highest BCUT2D eigenvalue weighted by Gasteiger charge is 2.13. The molecule has 3 N–H and O–H groups in total. The van der Waals surface area contributed by atoms with E-state index >= 15 is 0 Å².